The van der Waals surface area contributed by atoms with Crippen molar-refractivity contribution < 1.29 is 0 Å². The molecule has 0 atom stereocenters. The van der Waals surface area contributed by atoms with Crippen LogP contribution in [0.4, 0.5) is 5.82 Å². The predicted octanol–water partition coefficient (Wildman–Crippen LogP) is 3.38. The van der Waals surface area contributed by atoms with Gasteiger partial charge in [0.1, 0.15) is 17.2 Å². The van der Waals surface area contributed by atoms with Gasteiger partial charge in [-0.25, -0.2) is 4.98 Å². The molecule has 0 aliphatic heterocycles. The number of imidazole rings is 1. The van der Waals surface area contributed by atoms with E-state index in [9.17, 15) is 0 Å². The summed E-state index contributed by atoms with van der Waals surface area (Å²) in [6.07, 6.45) is 5.63. The molecule has 1 aromatic carbocycles. The molecule has 1 aliphatic carbocycles. The average molecular weight is 263 g/mol. The quantitative estimate of drug-likeness (QED) is 0.731. The third-order valence-corrected chi connectivity index (χ3v) is 4.19. The summed E-state index contributed by atoms with van der Waals surface area (Å²) in [4.78, 5) is 4.71. The van der Waals surface area contributed by atoms with Crippen molar-refractivity contribution in [2.24, 2.45) is 0 Å². The number of aromatic nitrogens is 2. The minimum absolute atomic E-state index is 0.720. The second-order valence-electron chi connectivity index (χ2n) is 5.61. The summed E-state index contributed by atoms with van der Waals surface area (Å²) >= 11 is 0. The zero-order chi connectivity index (χ0) is 13.7. The largest absolute Gasteiger partial charge is 0.383 e. The standard InChI is InChI=1S/C17H17N3/c1-11-7-8-20-15(9-11)19-16(17(20)18)14-6-5-12-3-2-4-13(12)10-14/h5-10H,2-4,18H2,1H3. The number of anilines is 1. The molecule has 1 aliphatic rings. The van der Waals surface area contributed by atoms with E-state index in [0.717, 1.165) is 22.7 Å². The number of fused-ring (bicyclic) bond motifs is 2. The lowest BCUT2D eigenvalue weighted by molar-refractivity contribution is 0.912. The fourth-order valence-electron chi connectivity index (χ4n) is 3.10. The molecule has 2 heterocycles. The summed E-state index contributed by atoms with van der Waals surface area (Å²) in [7, 11) is 0. The van der Waals surface area contributed by atoms with Crippen molar-refractivity contribution in [3.63, 3.8) is 0 Å². The van der Waals surface area contributed by atoms with Crippen LogP contribution in [0.15, 0.2) is 36.5 Å². The van der Waals surface area contributed by atoms with E-state index in [-0.39, 0.29) is 0 Å². The van der Waals surface area contributed by atoms with Gasteiger partial charge in [-0.15, -0.1) is 0 Å². The van der Waals surface area contributed by atoms with Gasteiger partial charge in [0.15, 0.2) is 0 Å². The fourth-order valence-corrected chi connectivity index (χ4v) is 3.10. The van der Waals surface area contributed by atoms with Gasteiger partial charge in [0.25, 0.3) is 0 Å². The van der Waals surface area contributed by atoms with Gasteiger partial charge in [-0.1, -0.05) is 12.1 Å². The number of nitrogens with zero attached hydrogens (tertiary/aromatic N) is 2. The van der Waals surface area contributed by atoms with Crippen molar-refractivity contribution in [3.05, 3.63) is 53.2 Å². The number of rotatable bonds is 1. The van der Waals surface area contributed by atoms with Crippen LogP contribution in [0.1, 0.15) is 23.1 Å². The second kappa shape index (κ2) is 4.10. The van der Waals surface area contributed by atoms with Gasteiger partial charge >= 0.3 is 0 Å². The predicted molar refractivity (Wildman–Crippen MR) is 81.8 cm³/mol. The van der Waals surface area contributed by atoms with Crippen LogP contribution in [0.2, 0.25) is 0 Å². The average Bonchev–Trinajstić information content (AvgIpc) is 3.02. The first kappa shape index (κ1) is 11.5. The summed E-state index contributed by atoms with van der Waals surface area (Å²) in [6.45, 7) is 2.07. The molecule has 2 N–H and O–H groups in total. The SMILES string of the molecule is Cc1ccn2c(N)c(-c3ccc4c(c3)CCC4)nc2c1. The summed E-state index contributed by atoms with van der Waals surface area (Å²) < 4.78 is 1.95. The maximum absolute atomic E-state index is 6.27. The van der Waals surface area contributed by atoms with Gasteiger partial charge in [0.05, 0.1) is 0 Å². The molecule has 20 heavy (non-hydrogen) atoms. The third kappa shape index (κ3) is 1.63. The Hall–Kier alpha value is -2.29. The lowest BCUT2D eigenvalue weighted by Crippen LogP contribution is -1.94. The second-order valence-corrected chi connectivity index (χ2v) is 5.61. The van der Waals surface area contributed by atoms with Gasteiger partial charge in [-0.3, -0.25) is 4.40 Å². The van der Waals surface area contributed by atoms with Gasteiger partial charge in [-0.2, -0.15) is 0 Å². The van der Waals surface area contributed by atoms with E-state index in [1.54, 1.807) is 0 Å². The van der Waals surface area contributed by atoms with Crippen molar-refractivity contribution >= 4 is 11.5 Å². The lowest BCUT2D eigenvalue weighted by atomic mass is 10.0. The molecule has 0 amide bonds. The highest BCUT2D eigenvalue weighted by Crippen LogP contribution is 2.31. The van der Waals surface area contributed by atoms with E-state index in [0.29, 0.717) is 0 Å². The van der Waals surface area contributed by atoms with E-state index in [1.165, 1.54) is 36.0 Å². The molecule has 2 aromatic heterocycles. The highest BCUT2D eigenvalue weighted by atomic mass is 15.1. The maximum atomic E-state index is 6.27. The van der Waals surface area contributed by atoms with Crippen molar-refractivity contribution in [2.45, 2.75) is 26.2 Å². The number of nitrogens with two attached hydrogens (primary N) is 1. The van der Waals surface area contributed by atoms with E-state index >= 15 is 0 Å². The van der Waals surface area contributed by atoms with Crippen LogP contribution >= 0.6 is 0 Å². The molecule has 0 unspecified atom stereocenters. The zero-order valence-corrected chi connectivity index (χ0v) is 11.6. The van der Waals surface area contributed by atoms with E-state index in [1.807, 2.05) is 10.6 Å². The van der Waals surface area contributed by atoms with Crippen molar-refractivity contribution in [3.8, 4) is 11.3 Å². The van der Waals surface area contributed by atoms with E-state index < -0.39 is 0 Å². The number of nitrogen functional groups attached to an aromatic ring is 1. The molecule has 3 nitrogen and oxygen atoms in total. The van der Waals surface area contributed by atoms with Crippen LogP contribution in [0.25, 0.3) is 16.9 Å². The Labute approximate surface area is 118 Å². The minimum atomic E-state index is 0.720. The molecular formula is C17H17N3. The lowest BCUT2D eigenvalue weighted by Gasteiger charge is -2.03. The van der Waals surface area contributed by atoms with Crippen molar-refractivity contribution in [1.29, 1.82) is 0 Å². The van der Waals surface area contributed by atoms with Gasteiger partial charge in [0.2, 0.25) is 0 Å². The molecule has 0 saturated carbocycles. The van der Waals surface area contributed by atoms with Crippen molar-refractivity contribution in [1.82, 2.24) is 9.38 Å². The first-order valence-corrected chi connectivity index (χ1v) is 7.09. The molecule has 0 fully saturated rings. The van der Waals surface area contributed by atoms with E-state index in [4.69, 9.17) is 10.7 Å². The number of aryl methyl sites for hydroxylation is 3. The molecule has 3 heteroatoms. The number of hydrogen-bond donors (Lipinski definition) is 1. The Bertz CT molecular complexity index is 814. The Balaban J connectivity index is 1.91. The highest BCUT2D eigenvalue weighted by Gasteiger charge is 2.15. The number of hydrogen-bond acceptors (Lipinski definition) is 2. The summed E-state index contributed by atoms with van der Waals surface area (Å²) in [5.74, 6) is 0.720. The molecule has 4 rings (SSSR count). The first-order valence-electron chi connectivity index (χ1n) is 7.09. The van der Waals surface area contributed by atoms with Crippen LogP contribution in [-0.2, 0) is 12.8 Å². The zero-order valence-electron chi connectivity index (χ0n) is 11.6. The monoisotopic (exact) mass is 263 g/mol. The Morgan fingerprint density at radius 1 is 1.10 bits per heavy atom. The van der Waals surface area contributed by atoms with Crippen LogP contribution < -0.4 is 5.73 Å². The molecule has 0 saturated heterocycles. The highest BCUT2D eigenvalue weighted by molar-refractivity contribution is 5.75. The summed E-state index contributed by atoms with van der Waals surface area (Å²) in [5, 5.41) is 0. The number of benzene rings is 1. The number of pyridine rings is 1. The molecule has 0 radical (unpaired) electrons. The van der Waals surface area contributed by atoms with E-state index in [2.05, 4.69) is 37.3 Å². The van der Waals surface area contributed by atoms with Crippen LogP contribution in [0.5, 0.6) is 0 Å². The Morgan fingerprint density at radius 2 is 1.95 bits per heavy atom. The minimum Gasteiger partial charge on any atom is -0.383 e. The topological polar surface area (TPSA) is 43.3 Å². The molecule has 0 bridgehead atoms. The fraction of sp³-hybridized carbons (Fsp3) is 0.235. The molecule has 3 aromatic rings. The van der Waals surface area contributed by atoms with Crippen LogP contribution in [-0.4, -0.2) is 9.38 Å². The molecule has 100 valence electrons. The van der Waals surface area contributed by atoms with Crippen LogP contribution in [0.3, 0.4) is 0 Å². The van der Waals surface area contributed by atoms with Crippen LogP contribution in [0, 0.1) is 6.92 Å². The third-order valence-electron chi connectivity index (χ3n) is 4.19. The molecular weight excluding hydrogens is 246 g/mol. The first-order chi connectivity index (χ1) is 9.72. The van der Waals surface area contributed by atoms with Gasteiger partial charge < -0.3 is 5.73 Å². The Morgan fingerprint density at radius 3 is 2.85 bits per heavy atom. The smallest absolute Gasteiger partial charge is 0.139 e. The summed E-state index contributed by atoms with van der Waals surface area (Å²) in [6, 6.07) is 10.7. The maximum Gasteiger partial charge on any atom is 0.139 e. The normalized spacial score (nSPS) is 13.8. The Kier molecular flexibility index (Phi) is 2.36. The van der Waals surface area contributed by atoms with Gasteiger partial charge in [0, 0.05) is 11.8 Å². The van der Waals surface area contributed by atoms with Crippen molar-refractivity contribution in [2.75, 3.05) is 5.73 Å². The molecule has 0 spiro atoms. The summed E-state index contributed by atoms with van der Waals surface area (Å²) in [5.41, 5.74) is 13.3. The van der Waals surface area contributed by atoms with Gasteiger partial charge in [-0.05, 0) is 61.1 Å².